The molecule has 86 valence electrons. The van der Waals surface area contributed by atoms with E-state index in [9.17, 15) is 4.79 Å². The van der Waals surface area contributed by atoms with Crippen LogP contribution in [0, 0.1) is 5.92 Å². The average molecular weight is 298 g/mol. The zero-order chi connectivity index (χ0) is 12.1. The molecule has 2 rings (SSSR count). The van der Waals surface area contributed by atoms with E-state index in [1.165, 1.54) is 6.92 Å². The molecule has 1 saturated carbocycles. The van der Waals surface area contributed by atoms with Crippen molar-refractivity contribution in [2.75, 3.05) is 0 Å². The van der Waals surface area contributed by atoms with Crippen molar-refractivity contribution < 1.29 is 4.79 Å². The van der Waals surface area contributed by atoms with Crippen molar-refractivity contribution in [1.29, 1.82) is 0 Å². The van der Waals surface area contributed by atoms with Crippen LogP contribution in [0.15, 0.2) is 18.2 Å². The summed E-state index contributed by atoms with van der Waals surface area (Å²) in [6, 6.07) is 5.18. The van der Waals surface area contributed by atoms with E-state index in [2.05, 4.69) is 0 Å². The van der Waals surface area contributed by atoms with Crippen molar-refractivity contribution in [3.05, 3.63) is 33.8 Å². The van der Waals surface area contributed by atoms with Crippen LogP contribution in [0.1, 0.15) is 18.4 Å². The van der Waals surface area contributed by atoms with Gasteiger partial charge < -0.3 is 0 Å². The third-order valence-corrected chi connectivity index (χ3v) is 4.47. The van der Waals surface area contributed by atoms with Crippen LogP contribution in [0.2, 0.25) is 10.0 Å². The van der Waals surface area contributed by atoms with Crippen LogP contribution < -0.4 is 0 Å². The zero-order valence-corrected chi connectivity index (χ0v) is 11.3. The maximum atomic E-state index is 11.3. The number of hydrogen-bond donors (Lipinski definition) is 0. The number of ketones is 1. The van der Waals surface area contributed by atoms with Crippen LogP contribution in [0.4, 0.5) is 0 Å². The molecular formula is C11H8Cl4O. The highest BCUT2D eigenvalue weighted by Gasteiger charge is 2.66. The molecule has 1 aromatic carbocycles. The number of rotatable bonds is 2. The van der Waals surface area contributed by atoms with Gasteiger partial charge in [-0.3, -0.25) is 4.79 Å². The molecule has 0 spiro atoms. The van der Waals surface area contributed by atoms with E-state index in [0.717, 1.165) is 5.56 Å². The summed E-state index contributed by atoms with van der Waals surface area (Å²) >= 11 is 23.8. The van der Waals surface area contributed by atoms with Gasteiger partial charge in [0.1, 0.15) is 10.1 Å². The molecule has 0 N–H and O–H groups in total. The molecule has 1 aliphatic rings. The molecule has 16 heavy (non-hydrogen) atoms. The molecule has 0 radical (unpaired) electrons. The van der Waals surface area contributed by atoms with E-state index in [0.29, 0.717) is 10.0 Å². The van der Waals surface area contributed by atoms with Gasteiger partial charge in [-0.25, -0.2) is 0 Å². The average Bonchev–Trinajstić information content (AvgIpc) is 2.74. The van der Waals surface area contributed by atoms with Crippen molar-refractivity contribution >= 4 is 52.2 Å². The Hall–Kier alpha value is 0.0500. The molecule has 5 heteroatoms. The van der Waals surface area contributed by atoms with Crippen molar-refractivity contribution in [2.45, 2.75) is 17.2 Å². The first-order valence-corrected chi connectivity index (χ1v) is 6.20. The van der Waals surface area contributed by atoms with E-state index in [-0.39, 0.29) is 17.6 Å². The fourth-order valence-corrected chi connectivity index (χ4v) is 3.20. The Bertz CT molecular complexity index is 455. The quantitative estimate of drug-likeness (QED) is 0.736. The minimum Gasteiger partial charge on any atom is -0.300 e. The predicted molar refractivity (Wildman–Crippen MR) is 67.8 cm³/mol. The second-order valence-electron chi connectivity index (χ2n) is 3.91. The van der Waals surface area contributed by atoms with Gasteiger partial charge in [0.2, 0.25) is 0 Å². The number of halogens is 4. The highest BCUT2D eigenvalue weighted by atomic mass is 35.5. The number of hydrogen-bond acceptors (Lipinski definition) is 1. The fourth-order valence-electron chi connectivity index (χ4n) is 1.95. The lowest BCUT2D eigenvalue weighted by Gasteiger charge is -2.02. The van der Waals surface area contributed by atoms with Crippen molar-refractivity contribution in [3.63, 3.8) is 0 Å². The normalized spacial score (nSPS) is 26.6. The maximum Gasteiger partial charge on any atom is 0.136 e. The molecule has 0 heterocycles. The van der Waals surface area contributed by atoms with E-state index >= 15 is 0 Å². The van der Waals surface area contributed by atoms with Crippen molar-refractivity contribution in [3.8, 4) is 0 Å². The third-order valence-electron chi connectivity index (χ3n) is 2.79. The van der Waals surface area contributed by atoms with E-state index in [1.54, 1.807) is 18.2 Å². The number of carbonyl (C=O) groups excluding carboxylic acids is 1. The van der Waals surface area contributed by atoms with Gasteiger partial charge in [0.05, 0.1) is 16.0 Å². The lowest BCUT2D eigenvalue weighted by atomic mass is 10.1. The molecule has 1 fully saturated rings. The van der Waals surface area contributed by atoms with Gasteiger partial charge >= 0.3 is 0 Å². The lowest BCUT2D eigenvalue weighted by molar-refractivity contribution is -0.118. The van der Waals surface area contributed by atoms with E-state index in [4.69, 9.17) is 46.4 Å². The summed E-state index contributed by atoms with van der Waals surface area (Å²) in [6.07, 6.45) is 0. The Morgan fingerprint density at radius 2 is 1.88 bits per heavy atom. The van der Waals surface area contributed by atoms with Crippen molar-refractivity contribution in [1.82, 2.24) is 0 Å². The van der Waals surface area contributed by atoms with Crippen LogP contribution in [-0.4, -0.2) is 10.1 Å². The summed E-state index contributed by atoms with van der Waals surface area (Å²) in [5.74, 6) is -0.558. The SMILES string of the molecule is CC(=O)C1C(c2ccc(Cl)c(Cl)c2)C1(Cl)Cl. The first-order chi connectivity index (χ1) is 7.35. The van der Waals surface area contributed by atoms with Crippen LogP contribution in [0.5, 0.6) is 0 Å². The Kier molecular flexibility index (Phi) is 3.17. The fraction of sp³-hybridized carbons (Fsp3) is 0.364. The number of Topliss-reactive ketones (excluding diaryl/α,β-unsaturated/α-hetero) is 1. The van der Waals surface area contributed by atoms with Gasteiger partial charge in [-0.15, -0.1) is 23.2 Å². The summed E-state index contributed by atoms with van der Waals surface area (Å²) in [7, 11) is 0. The smallest absolute Gasteiger partial charge is 0.136 e. The van der Waals surface area contributed by atoms with E-state index < -0.39 is 4.33 Å². The molecule has 0 amide bonds. The first kappa shape index (κ1) is 12.5. The predicted octanol–water partition coefficient (Wildman–Crippen LogP) is 4.47. The Labute approximate surface area is 114 Å². The van der Waals surface area contributed by atoms with Gasteiger partial charge in [0.15, 0.2) is 0 Å². The number of carbonyl (C=O) groups is 1. The molecule has 0 aromatic heterocycles. The molecule has 0 aliphatic heterocycles. The van der Waals surface area contributed by atoms with Crippen LogP contribution in [0.3, 0.4) is 0 Å². The molecule has 2 unspecified atom stereocenters. The molecule has 1 nitrogen and oxygen atoms in total. The van der Waals surface area contributed by atoms with E-state index in [1.807, 2.05) is 0 Å². The zero-order valence-electron chi connectivity index (χ0n) is 8.31. The van der Waals surface area contributed by atoms with Crippen LogP contribution in [0.25, 0.3) is 0 Å². The standard InChI is InChI=1S/C11H8Cl4O/c1-5(16)9-10(11(9,14)15)6-2-3-7(12)8(13)4-6/h2-4,9-10H,1H3. The van der Waals surface area contributed by atoms with Gasteiger partial charge in [-0.2, -0.15) is 0 Å². The highest BCUT2D eigenvalue weighted by Crippen LogP contribution is 2.65. The second kappa shape index (κ2) is 4.06. The van der Waals surface area contributed by atoms with Crippen molar-refractivity contribution in [2.24, 2.45) is 5.92 Å². The number of alkyl halides is 2. The second-order valence-corrected chi connectivity index (χ2v) is 6.17. The minimum absolute atomic E-state index is 0.0129. The van der Waals surface area contributed by atoms with Crippen LogP contribution >= 0.6 is 46.4 Å². The summed E-state index contributed by atoms with van der Waals surface area (Å²) in [6.45, 7) is 1.49. The summed E-state index contributed by atoms with van der Waals surface area (Å²) in [4.78, 5) is 11.3. The van der Waals surface area contributed by atoms with Gasteiger partial charge in [-0.05, 0) is 24.6 Å². The van der Waals surface area contributed by atoms with Crippen LogP contribution in [-0.2, 0) is 4.79 Å². The molecule has 1 aromatic rings. The van der Waals surface area contributed by atoms with Gasteiger partial charge in [-0.1, -0.05) is 29.3 Å². The summed E-state index contributed by atoms with van der Waals surface area (Å²) in [5.41, 5.74) is 0.847. The molecule has 0 bridgehead atoms. The summed E-state index contributed by atoms with van der Waals surface area (Å²) < 4.78 is -1.01. The first-order valence-electron chi connectivity index (χ1n) is 4.69. The lowest BCUT2D eigenvalue weighted by Crippen LogP contribution is -1.99. The van der Waals surface area contributed by atoms with Gasteiger partial charge in [0, 0.05) is 5.92 Å². The molecule has 1 aliphatic carbocycles. The van der Waals surface area contributed by atoms with Gasteiger partial charge in [0.25, 0.3) is 0 Å². The Balaban J connectivity index is 2.33. The Morgan fingerprint density at radius 3 is 2.31 bits per heavy atom. The topological polar surface area (TPSA) is 17.1 Å². The highest BCUT2D eigenvalue weighted by molar-refractivity contribution is 6.53. The monoisotopic (exact) mass is 296 g/mol. The molecular weight excluding hydrogens is 290 g/mol. The minimum atomic E-state index is -1.01. The third kappa shape index (κ3) is 1.95. The molecule has 0 saturated heterocycles. The number of benzene rings is 1. The summed E-state index contributed by atoms with van der Waals surface area (Å²) in [5, 5.41) is 0.915. The maximum absolute atomic E-state index is 11.3. The Morgan fingerprint density at radius 1 is 1.25 bits per heavy atom. The largest absolute Gasteiger partial charge is 0.300 e. The molecule has 2 atom stereocenters.